The van der Waals surface area contributed by atoms with Gasteiger partial charge < -0.3 is 19.7 Å². The van der Waals surface area contributed by atoms with Gasteiger partial charge in [-0.3, -0.25) is 10.1 Å². The van der Waals surface area contributed by atoms with Gasteiger partial charge in [-0.05, 0) is 26.4 Å². The number of likely N-dealkylation sites (tertiary alicyclic amines) is 1. The minimum Gasteiger partial charge on any atom is -0.454 e. The zero-order chi connectivity index (χ0) is 14.1. The average Bonchev–Trinajstić information content (AvgIpc) is 2.84. The van der Waals surface area contributed by atoms with Gasteiger partial charge in [-0.1, -0.05) is 0 Å². The van der Waals surface area contributed by atoms with Gasteiger partial charge in [-0.15, -0.1) is 0 Å². The van der Waals surface area contributed by atoms with E-state index in [1.54, 1.807) is 6.07 Å². The molecule has 1 aromatic rings. The Morgan fingerprint density at radius 2 is 2.15 bits per heavy atom. The predicted molar refractivity (Wildman–Crippen MR) is 73.4 cm³/mol. The Kier molecular flexibility index (Phi) is 3.35. The van der Waals surface area contributed by atoms with Crippen LogP contribution in [0.15, 0.2) is 12.1 Å². The van der Waals surface area contributed by atoms with E-state index in [2.05, 4.69) is 17.3 Å². The molecule has 108 valence electrons. The van der Waals surface area contributed by atoms with Crippen LogP contribution in [-0.4, -0.2) is 42.8 Å². The van der Waals surface area contributed by atoms with Crippen LogP contribution in [0.25, 0.3) is 0 Å². The zero-order valence-electron chi connectivity index (χ0n) is 11.3. The standard InChI is InChI=1S/C13H17N3O4/c1-15-4-2-3-9(7-15)14-10-5-12-13(20-8-19-12)6-11(10)16(17)18/h5-6,9,14H,2-4,7-8H2,1H3. The number of nitro benzene ring substituents is 1. The lowest BCUT2D eigenvalue weighted by Gasteiger charge is -2.30. The molecule has 1 fully saturated rings. The molecule has 7 heteroatoms. The van der Waals surface area contributed by atoms with E-state index in [1.807, 2.05) is 0 Å². The summed E-state index contributed by atoms with van der Waals surface area (Å²) in [5.41, 5.74) is 0.530. The number of anilines is 1. The second-order valence-corrected chi connectivity index (χ2v) is 5.23. The van der Waals surface area contributed by atoms with Gasteiger partial charge in [0.2, 0.25) is 6.79 Å². The van der Waals surface area contributed by atoms with Crippen LogP contribution in [0.1, 0.15) is 12.8 Å². The number of nitrogens with one attached hydrogen (secondary N) is 1. The first kappa shape index (κ1) is 13.0. The van der Waals surface area contributed by atoms with Gasteiger partial charge in [0.05, 0.1) is 11.0 Å². The number of hydrogen-bond donors (Lipinski definition) is 1. The molecule has 3 rings (SSSR count). The lowest BCUT2D eigenvalue weighted by atomic mass is 10.1. The molecule has 0 amide bonds. The van der Waals surface area contributed by atoms with E-state index < -0.39 is 4.92 Å². The van der Waals surface area contributed by atoms with Crippen molar-refractivity contribution < 1.29 is 14.4 Å². The Hall–Kier alpha value is -2.02. The highest BCUT2D eigenvalue weighted by Gasteiger charge is 2.26. The van der Waals surface area contributed by atoms with Gasteiger partial charge in [0.15, 0.2) is 11.5 Å². The molecule has 7 nitrogen and oxygen atoms in total. The Morgan fingerprint density at radius 3 is 2.85 bits per heavy atom. The molecule has 2 heterocycles. The highest BCUT2D eigenvalue weighted by Crippen LogP contribution is 2.41. The fourth-order valence-corrected chi connectivity index (χ4v) is 2.70. The van der Waals surface area contributed by atoms with E-state index in [0.717, 1.165) is 25.9 Å². The number of nitro groups is 1. The summed E-state index contributed by atoms with van der Waals surface area (Å²) in [5.74, 6) is 0.991. The van der Waals surface area contributed by atoms with Gasteiger partial charge in [0.1, 0.15) is 5.69 Å². The fourth-order valence-electron chi connectivity index (χ4n) is 2.70. The van der Waals surface area contributed by atoms with Crippen LogP contribution >= 0.6 is 0 Å². The van der Waals surface area contributed by atoms with Crippen molar-refractivity contribution in [1.29, 1.82) is 0 Å². The zero-order valence-corrected chi connectivity index (χ0v) is 11.3. The molecular weight excluding hydrogens is 262 g/mol. The third-order valence-corrected chi connectivity index (χ3v) is 3.67. The smallest absolute Gasteiger partial charge is 0.296 e. The first-order valence-corrected chi connectivity index (χ1v) is 6.66. The van der Waals surface area contributed by atoms with Crippen molar-refractivity contribution in [2.75, 3.05) is 32.2 Å². The first-order chi connectivity index (χ1) is 9.63. The molecule has 1 saturated heterocycles. The van der Waals surface area contributed by atoms with Crippen LogP contribution in [0.5, 0.6) is 11.5 Å². The van der Waals surface area contributed by atoms with Gasteiger partial charge in [0.25, 0.3) is 5.69 Å². The molecule has 0 aliphatic carbocycles. The topological polar surface area (TPSA) is 76.9 Å². The van der Waals surface area contributed by atoms with Crippen LogP contribution in [0.4, 0.5) is 11.4 Å². The number of likely N-dealkylation sites (N-methyl/N-ethyl adjacent to an activating group) is 1. The van der Waals surface area contributed by atoms with Gasteiger partial charge in [-0.2, -0.15) is 0 Å². The Morgan fingerprint density at radius 1 is 1.40 bits per heavy atom. The quantitative estimate of drug-likeness (QED) is 0.672. The molecule has 20 heavy (non-hydrogen) atoms. The maximum absolute atomic E-state index is 11.2. The summed E-state index contributed by atoms with van der Waals surface area (Å²) in [4.78, 5) is 13.0. The normalized spacial score (nSPS) is 21.8. The molecule has 0 radical (unpaired) electrons. The summed E-state index contributed by atoms with van der Waals surface area (Å²) in [6.45, 7) is 2.06. The fraction of sp³-hybridized carbons (Fsp3) is 0.538. The Labute approximate surface area is 116 Å². The van der Waals surface area contributed by atoms with E-state index in [1.165, 1.54) is 6.07 Å². The first-order valence-electron chi connectivity index (χ1n) is 6.66. The second-order valence-electron chi connectivity index (χ2n) is 5.23. The molecule has 2 aliphatic rings. The van der Waals surface area contributed by atoms with Crippen molar-refractivity contribution in [2.24, 2.45) is 0 Å². The number of piperidine rings is 1. The van der Waals surface area contributed by atoms with Crippen molar-refractivity contribution in [3.63, 3.8) is 0 Å². The van der Waals surface area contributed by atoms with E-state index in [0.29, 0.717) is 17.2 Å². The van der Waals surface area contributed by atoms with Crippen LogP contribution in [0.2, 0.25) is 0 Å². The lowest BCUT2D eigenvalue weighted by Crippen LogP contribution is -2.39. The van der Waals surface area contributed by atoms with Crippen LogP contribution in [0.3, 0.4) is 0 Å². The van der Waals surface area contributed by atoms with Crippen molar-refractivity contribution in [3.8, 4) is 11.5 Å². The molecule has 1 N–H and O–H groups in total. The van der Waals surface area contributed by atoms with Crippen LogP contribution in [0, 0.1) is 10.1 Å². The van der Waals surface area contributed by atoms with Crippen molar-refractivity contribution in [3.05, 3.63) is 22.2 Å². The summed E-state index contributed by atoms with van der Waals surface area (Å²) in [5, 5.41) is 14.5. The number of rotatable bonds is 3. The summed E-state index contributed by atoms with van der Waals surface area (Å²) >= 11 is 0. The maximum Gasteiger partial charge on any atom is 0.296 e. The van der Waals surface area contributed by atoms with Crippen molar-refractivity contribution in [2.45, 2.75) is 18.9 Å². The molecule has 0 saturated carbocycles. The van der Waals surface area contributed by atoms with Crippen LogP contribution < -0.4 is 14.8 Å². The Bertz CT molecular complexity index is 535. The third-order valence-electron chi connectivity index (χ3n) is 3.67. The molecule has 0 spiro atoms. The van der Waals surface area contributed by atoms with Gasteiger partial charge in [0, 0.05) is 18.7 Å². The van der Waals surface area contributed by atoms with Crippen molar-refractivity contribution >= 4 is 11.4 Å². The average molecular weight is 279 g/mol. The molecule has 1 unspecified atom stereocenters. The second kappa shape index (κ2) is 5.16. The monoisotopic (exact) mass is 279 g/mol. The number of fused-ring (bicyclic) bond motifs is 1. The Balaban J connectivity index is 1.86. The number of benzene rings is 1. The summed E-state index contributed by atoms with van der Waals surface area (Å²) in [7, 11) is 2.06. The molecule has 0 bridgehead atoms. The highest BCUT2D eigenvalue weighted by molar-refractivity contribution is 5.69. The summed E-state index contributed by atoms with van der Waals surface area (Å²) in [6.07, 6.45) is 2.10. The summed E-state index contributed by atoms with van der Waals surface area (Å²) < 4.78 is 10.5. The largest absolute Gasteiger partial charge is 0.454 e. The number of nitrogens with zero attached hydrogens (tertiary/aromatic N) is 2. The predicted octanol–water partition coefficient (Wildman–Crippen LogP) is 1.83. The molecule has 1 atom stereocenters. The number of ether oxygens (including phenoxy) is 2. The minimum absolute atomic E-state index is 0.0301. The van der Waals surface area contributed by atoms with E-state index in [-0.39, 0.29) is 18.5 Å². The highest BCUT2D eigenvalue weighted by atomic mass is 16.7. The lowest BCUT2D eigenvalue weighted by molar-refractivity contribution is -0.384. The molecule has 2 aliphatic heterocycles. The SMILES string of the molecule is CN1CCCC(Nc2cc3c(cc2[N+](=O)[O-])OCO3)C1. The summed E-state index contributed by atoms with van der Waals surface area (Å²) in [6, 6.07) is 3.31. The minimum atomic E-state index is -0.392. The van der Waals surface area contributed by atoms with E-state index >= 15 is 0 Å². The molecule has 0 aromatic heterocycles. The maximum atomic E-state index is 11.2. The third kappa shape index (κ3) is 2.49. The van der Waals surface area contributed by atoms with E-state index in [4.69, 9.17) is 9.47 Å². The molecule has 1 aromatic carbocycles. The van der Waals surface area contributed by atoms with E-state index in [9.17, 15) is 10.1 Å². The van der Waals surface area contributed by atoms with Crippen LogP contribution in [-0.2, 0) is 0 Å². The van der Waals surface area contributed by atoms with Gasteiger partial charge >= 0.3 is 0 Å². The molecular formula is C13H17N3O4. The van der Waals surface area contributed by atoms with Gasteiger partial charge in [-0.25, -0.2) is 0 Å². The number of hydrogen-bond acceptors (Lipinski definition) is 6. The van der Waals surface area contributed by atoms with Crippen molar-refractivity contribution in [1.82, 2.24) is 4.90 Å².